The van der Waals surface area contributed by atoms with E-state index in [1.54, 1.807) is 4.90 Å². The Morgan fingerprint density at radius 3 is 1.54 bits per heavy atom. The number of likely N-dealkylation sites (tertiary alicyclic amines) is 1. The summed E-state index contributed by atoms with van der Waals surface area (Å²) >= 11 is 0. The SMILES string of the molecule is CN(CCCCCCCCCCCCCCCCCCN=[N+]=[N-])CCOCCOCCOCCOCCN1C[C@H](O)[C@@H](O)[C@H](O)[C@H]1CO. The third-order valence-corrected chi connectivity index (χ3v) is 9.08. The van der Waals surface area contributed by atoms with Crippen LogP contribution in [0.15, 0.2) is 5.11 Å². The van der Waals surface area contributed by atoms with Crippen molar-refractivity contribution >= 4 is 0 Å². The molecule has 0 radical (unpaired) electrons. The van der Waals surface area contributed by atoms with E-state index in [1.807, 2.05) is 0 Å². The Bertz CT molecular complexity index is 752. The first-order valence-electron chi connectivity index (χ1n) is 18.9. The summed E-state index contributed by atoms with van der Waals surface area (Å²) in [5.74, 6) is 0. The zero-order chi connectivity index (χ0) is 34.9. The minimum Gasteiger partial charge on any atom is -0.395 e. The maximum Gasteiger partial charge on any atom is 0.109 e. The van der Waals surface area contributed by atoms with Gasteiger partial charge in [0.25, 0.3) is 0 Å². The molecule has 0 aliphatic carbocycles. The maximum absolute atomic E-state index is 10.0. The number of hydrogen-bond donors (Lipinski definition) is 4. The summed E-state index contributed by atoms with van der Waals surface area (Å²) in [7, 11) is 2.16. The smallest absolute Gasteiger partial charge is 0.109 e. The molecule has 284 valence electrons. The number of β-amino-alcohol motifs (C(OH)–C–C–N with tert-alkyl or cyclic N) is 1. The van der Waals surface area contributed by atoms with Gasteiger partial charge in [-0.15, -0.1) is 0 Å². The molecule has 0 amide bonds. The molecule has 1 fully saturated rings. The van der Waals surface area contributed by atoms with E-state index < -0.39 is 24.4 Å². The number of nitrogens with zero attached hydrogens (tertiary/aromatic N) is 5. The molecule has 0 unspecified atom stereocenters. The van der Waals surface area contributed by atoms with Gasteiger partial charge in [0.05, 0.1) is 71.6 Å². The van der Waals surface area contributed by atoms with Gasteiger partial charge in [-0.3, -0.25) is 4.90 Å². The first-order valence-corrected chi connectivity index (χ1v) is 18.9. The average Bonchev–Trinajstić information content (AvgIpc) is 3.08. The van der Waals surface area contributed by atoms with Crippen molar-refractivity contribution in [2.75, 3.05) is 99.2 Å². The number of aliphatic hydroxyl groups excluding tert-OH is 4. The summed E-state index contributed by atoms with van der Waals surface area (Å²) < 4.78 is 22.3. The molecular formula is C35H71N5O8. The van der Waals surface area contributed by atoms with Crippen LogP contribution < -0.4 is 0 Å². The number of azide groups is 1. The number of hydrogen-bond acceptors (Lipinski definition) is 11. The number of aliphatic hydroxyl groups is 4. The molecule has 13 nitrogen and oxygen atoms in total. The highest BCUT2D eigenvalue weighted by Gasteiger charge is 2.40. The highest BCUT2D eigenvalue weighted by molar-refractivity contribution is 4.94. The van der Waals surface area contributed by atoms with Crippen LogP contribution in [0.1, 0.15) is 103 Å². The normalized spacial score (nSPS) is 20.0. The fourth-order valence-electron chi connectivity index (χ4n) is 6.00. The van der Waals surface area contributed by atoms with Crippen LogP contribution in [0.3, 0.4) is 0 Å². The minimum atomic E-state index is -1.25. The van der Waals surface area contributed by atoms with Crippen LogP contribution in [0.5, 0.6) is 0 Å². The zero-order valence-corrected chi connectivity index (χ0v) is 30.2. The Hall–Kier alpha value is -1.09. The van der Waals surface area contributed by atoms with Crippen molar-refractivity contribution in [3.05, 3.63) is 10.4 Å². The zero-order valence-electron chi connectivity index (χ0n) is 30.2. The van der Waals surface area contributed by atoms with Gasteiger partial charge in [0.15, 0.2) is 0 Å². The van der Waals surface area contributed by atoms with Crippen molar-refractivity contribution in [3.8, 4) is 0 Å². The van der Waals surface area contributed by atoms with Crippen molar-refractivity contribution in [2.45, 2.75) is 127 Å². The van der Waals surface area contributed by atoms with E-state index in [2.05, 4.69) is 22.0 Å². The fraction of sp³-hybridized carbons (Fsp3) is 1.00. The van der Waals surface area contributed by atoms with Crippen LogP contribution in [-0.4, -0.2) is 154 Å². The van der Waals surface area contributed by atoms with Crippen molar-refractivity contribution in [1.82, 2.24) is 9.80 Å². The number of unbranched alkanes of at least 4 members (excludes halogenated alkanes) is 15. The summed E-state index contributed by atoms with van der Waals surface area (Å²) in [5, 5.41) is 42.7. The molecule has 4 N–H and O–H groups in total. The van der Waals surface area contributed by atoms with Crippen LogP contribution in [0, 0.1) is 0 Å². The molecule has 4 atom stereocenters. The first-order chi connectivity index (χ1) is 23.5. The Kier molecular flexibility index (Phi) is 31.0. The predicted octanol–water partition coefficient (Wildman–Crippen LogP) is 4.30. The van der Waals surface area contributed by atoms with Crippen molar-refractivity contribution < 1.29 is 39.4 Å². The van der Waals surface area contributed by atoms with Gasteiger partial charge in [0.1, 0.15) is 12.2 Å². The first kappa shape index (κ1) is 44.9. The van der Waals surface area contributed by atoms with Gasteiger partial charge in [-0.05, 0) is 32.0 Å². The lowest BCUT2D eigenvalue weighted by Gasteiger charge is -2.43. The van der Waals surface area contributed by atoms with Crippen molar-refractivity contribution in [1.29, 1.82) is 0 Å². The van der Waals surface area contributed by atoms with Gasteiger partial charge in [0, 0.05) is 31.1 Å². The third kappa shape index (κ3) is 25.0. The summed E-state index contributed by atoms with van der Waals surface area (Å²) in [6.45, 7) is 7.03. The van der Waals surface area contributed by atoms with E-state index in [4.69, 9.17) is 24.5 Å². The van der Waals surface area contributed by atoms with Crippen LogP contribution >= 0.6 is 0 Å². The second kappa shape index (κ2) is 33.1. The lowest BCUT2D eigenvalue weighted by molar-refractivity contribution is -0.147. The van der Waals surface area contributed by atoms with Gasteiger partial charge >= 0.3 is 0 Å². The summed E-state index contributed by atoms with van der Waals surface area (Å²) in [6, 6.07) is -0.618. The molecule has 0 aromatic rings. The molecule has 0 aromatic heterocycles. The largest absolute Gasteiger partial charge is 0.395 e. The molecule has 13 heteroatoms. The molecule has 1 saturated heterocycles. The Morgan fingerprint density at radius 1 is 0.625 bits per heavy atom. The van der Waals surface area contributed by atoms with Gasteiger partial charge in [-0.2, -0.15) is 0 Å². The Labute approximate surface area is 290 Å². The van der Waals surface area contributed by atoms with Gasteiger partial charge in [-0.25, -0.2) is 0 Å². The summed E-state index contributed by atoms with van der Waals surface area (Å²) in [4.78, 5) is 6.87. The molecule has 0 spiro atoms. The molecule has 48 heavy (non-hydrogen) atoms. The number of piperidine rings is 1. The Balaban J connectivity index is 1.74. The predicted molar refractivity (Wildman–Crippen MR) is 189 cm³/mol. The molecule has 0 aromatic carbocycles. The molecule has 1 heterocycles. The summed E-state index contributed by atoms with van der Waals surface area (Å²) in [5.41, 5.74) is 8.26. The number of ether oxygens (including phenoxy) is 4. The van der Waals surface area contributed by atoms with E-state index in [-0.39, 0.29) is 13.2 Å². The minimum absolute atomic E-state index is 0.176. The highest BCUT2D eigenvalue weighted by atomic mass is 16.6. The number of rotatable bonds is 35. The molecule has 0 bridgehead atoms. The van der Waals surface area contributed by atoms with Crippen LogP contribution in [0.25, 0.3) is 10.4 Å². The molecule has 0 saturated carbocycles. The summed E-state index contributed by atoms with van der Waals surface area (Å²) in [6.07, 6.45) is 17.6. The average molecular weight is 690 g/mol. The van der Waals surface area contributed by atoms with E-state index >= 15 is 0 Å². The van der Waals surface area contributed by atoms with E-state index in [0.717, 1.165) is 19.5 Å². The Morgan fingerprint density at radius 2 is 1.06 bits per heavy atom. The topological polar surface area (TPSA) is 173 Å². The molecule has 1 aliphatic heterocycles. The molecule has 1 aliphatic rings. The quantitative estimate of drug-likeness (QED) is 0.0325. The lowest BCUT2D eigenvalue weighted by atomic mass is 9.94. The van der Waals surface area contributed by atoms with Gasteiger partial charge < -0.3 is 44.3 Å². The fourth-order valence-corrected chi connectivity index (χ4v) is 6.00. The van der Waals surface area contributed by atoms with Crippen LogP contribution in [0.4, 0.5) is 0 Å². The molecular weight excluding hydrogens is 618 g/mol. The van der Waals surface area contributed by atoms with Crippen LogP contribution in [-0.2, 0) is 18.9 Å². The van der Waals surface area contributed by atoms with Gasteiger partial charge in [0.2, 0.25) is 0 Å². The maximum atomic E-state index is 10.0. The van der Waals surface area contributed by atoms with E-state index in [0.29, 0.717) is 65.9 Å². The highest BCUT2D eigenvalue weighted by Crippen LogP contribution is 2.18. The lowest BCUT2D eigenvalue weighted by Crippen LogP contribution is -2.62. The number of likely N-dealkylation sites (N-methyl/N-ethyl adjacent to an activating group) is 1. The van der Waals surface area contributed by atoms with E-state index in [9.17, 15) is 20.4 Å². The standard InChI is InChI=1S/C35H71N5O8/c1-39(19-17-15-13-11-9-7-5-3-2-4-6-8-10-12-14-16-18-37-38-36)20-22-45-24-26-47-28-29-48-27-25-46-23-21-40-30-33(42)35(44)34(43)32(40)31-41/h32-35,41-44H,2-31H2,1H3/t32-,33+,34-,35-/m1/s1. The van der Waals surface area contributed by atoms with Crippen LogP contribution in [0.2, 0.25) is 0 Å². The monoisotopic (exact) mass is 690 g/mol. The van der Waals surface area contributed by atoms with Crippen molar-refractivity contribution in [2.24, 2.45) is 5.11 Å². The molecule has 1 rings (SSSR count). The van der Waals surface area contributed by atoms with E-state index in [1.165, 1.54) is 96.3 Å². The second-order valence-electron chi connectivity index (χ2n) is 13.2. The second-order valence-corrected chi connectivity index (χ2v) is 13.2. The third-order valence-electron chi connectivity index (χ3n) is 9.08. The van der Waals surface area contributed by atoms with Crippen molar-refractivity contribution in [3.63, 3.8) is 0 Å². The van der Waals surface area contributed by atoms with Gasteiger partial charge in [-0.1, -0.05) is 95.0 Å².